The molecule has 2 N–H and O–H groups in total. The number of carboxylic acid groups (broad SMARTS) is 1. The molecule has 1 unspecified atom stereocenters. The van der Waals surface area contributed by atoms with Gasteiger partial charge in [-0.25, -0.2) is 17.9 Å². The first-order valence-corrected chi connectivity index (χ1v) is 12.2. The largest absolute Gasteiger partial charge is 0.489 e. The molecule has 0 spiro atoms. The summed E-state index contributed by atoms with van der Waals surface area (Å²) in [4.78, 5) is 11.6. The van der Waals surface area contributed by atoms with Crippen molar-refractivity contribution >= 4 is 27.8 Å². The molecule has 31 heavy (non-hydrogen) atoms. The summed E-state index contributed by atoms with van der Waals surface area (Å²) in [6, 6.07) is 21.1. The number of rotatable bonds is 7. The average Bonchev–Trinajstić information content (AvgIpc) is 2.94. The maximum Gasteiger partial charge on any atom is 0.335 e. The molecule has 0 saturated carbocycles. The van der Waals surface area contributed by atoms with Crippen LogP contribution in [0.25, 0.3) is 0 Å². The number of benzene rings is 3. The van der Waals surface area contributed by atoms with E-state index in [2.05, 4.69) is 4.72 Å². The molecule has 8 heteroatoms. The van der Waals surface area contributed by atoms with E-state index in [0.717, 1.165) is 16.7 Å². The summed E-state index contributed by atoms with van der Waals surface area (Å²) in [5.41, 5.74) is 3.16. The van der Waals surface area contributed by atoms with Gasteiger partial charge in [0.1, 0.15) is 12.4 Å². The number of carbonyl (C=O) groups is 1. The number of nitrogens with one attached hydrogen (secondary N) is 1. The molecule has 0 fully saturated rings. The van der Waals surface area contributed by atoms with Crippen LogP contribution in [0.15, 0.2) is 77.7 Å². The molecule has 0 aromatic heterocycles. The van der Waals surface area contributed by atoms with Crippen molar-refractivity contribution in [2.75, 3.05) is 12.3 Å². The Morgan fingerprint density at radius 1 is 1.03 bits per heavy atom. The van der Waals surface area contributed by atoms with Gasteiger partial charge in [0.25, 0.3) is 0 Å². The first-order valence-electron chi connectivity index (χ1n) is 9.70. The van der Waals surface area contributed by atoms with Gasteiger partial charge in [0.05, 0.1) is 15.7 Å². The van der Waals surface area contributed by atoms with Crippen LogP contribution in [0, 0.1) is 0 Å². The minimum Gasteiger partial charge on any atom is -0.489 e. The number of ether oxygens (including phenoxy) is 1. The van der Waals surface area contributed by atoms with Gasteiger partial charge in [-0.3, -0.25) is 0 Å². The maximum absolute atomic E-state index is 12.4. The molecule has 0 radical (unpaired) electrons. The molecule has 160 valence electrons. The summed E-state index contributed by atoms with van der Waals surface area (Å²) in [5.74, 6) is 0.0664. The Labute approximate surface area is 185 Å². The summed E-state index contributed by atoms with van der Waals surface area (Å²) >= 11 is 1.59. The molecule has 1 heterocycles. The number of aromatic carboxylic acids is 1. The van der Waals surface area contributed by atoms with Crippen LogP contribution in [0.1, 0.15) is 32.3 Å². The third kappa shape index (κ3) is 4.76. The number of carboxylic acids is 1. The van der Waals surface area contributed by atoms with E-state index in [4.69, 9.17) is 4.74 Å². The minimum absolute atomic E-state index is 0.0993. The summed E-state index contributed by atoms with van der Waals surface area (Å²) < 4.78 is 33.5. The van der Waals surface area contributed by atoms with Gasteiger partial charge < -0.3 is 9.84 Å². The lowest BCUT2D eigenvalue weighted by Crippen LogP contribution is -2.26. The minimum atomic E-state index is -3.56. The van der Waals surface area contributed by atoms with E-state index >= 15 is 0 Å². The smallest absolute Gasteiger partial charge is 0.335 e. The van der Waals surface area contributed by atoms with Crippen molar-refractivity contribution in [2.45, 2.75) is 16.8 Å². The second kappa shape index (κ2) is 9.13. The zero-order valence-corrected chi connectivity index (χ0v) is 18.2. The number of hydrogen-bond donors (Lipinski definition) is 2. The molecule has 6 nitrogen and oxygen atoms in total. The molecule has 4 rings (SSSR count). The second-order valence-electron chi connectivity index (χ2n) is 7.01. The second-order valence-corrected chi connectivity index (χ2v) is 9.99. The van der Waals surface area contributed by atoms with Crippen molar-refractivity contribution in [3.8, 4) is 5.75 Å². The van der Waals surface area contributed by atoms with Crippen LogP contribution in [-0.2, 0) is 16.6 Å². The number of thioether (sulfide) groups is 1. The lowest BCUT2D eigenvalue weighted by Gasteiger charge is -2.19. The van der Waals surface area contributed by atoms with Crippen molar-refractivity contribution in [1.29, 1.82) is 0 Å². The fraction of sp³-hybridized carbons (Fsp3) is 0.174. The Kier molecular flexibility index (Phi) is 6.31. The SMILES string of the molecule is O=C(O)c1ccc2c(c1)OCc1ccccc1C2SCCNS(=O)(=O)c1ccccc1. The molecule has 3 aromatic carbocycles. The lowest BCUT2D eigenvalue weighted by atomic mass is 9.99. The van der Waals surface area contributed by atoms with Crippen LogP contribution in [0.4, 0.5) is 0 Å². The highest BCUT2D eigenvalue weighted by Crippen LogP contribution is 2.44. The predicted molar refractivity (Wildman–Crippen MR) is 120 cm³/mol. The van der Waals surface area contributed by atoms with E-state index < -0.39 is 16.0 Å². The average molecular weight is 456 g/mol. The normalized spacial score (nSPS) is 15.3. The molecule has 1 aliphatic heterocycles. The molecule has 0 amide bonds. The number of fused-ring (bicyclic) bond motifs is 2. The van der Waals surface area contributed by atoms with E-state index in [0.29, 0.717) is 18.1 Å². The quantitative estimate of drug-likeness (QED) is 0.522. The fourth-order valence-electron chi connectivity index (χ4n) is 3.47. The van der Waals surface area contributed by atoms with Crippen molar-refractivity contribution in [3.05, 3.63) is 95.1 Å². The fourth-order valence-corrected chi connectivity index (χ4v) is 5.89. The Balaban J connectivity index is 1.54. The van der Waals surface area contributed by atoms with Crippen molar-refractivity contribution in [3.63, 3.8) is 0 Å². The van der Waals surface area contributed by atoms with Crippen LogP contribution in [0.2, 0.25) is 0 Å². The van der Waals surface area contributed by atoms with E-state index in [1.54, 1.807) is 60.3 Å². The van der Waals surface area contributed by atoms with E-state index in [1.807, 2.05) is 24.3 Å². The van der Waals surface area contributed by atoms with Crippen LogP contribution in [-0.4, -0.2) is 31.8 Å². The summed E-state index contributed by atoms with van der Waals surface area (Å²) in [6.45, 7) is 0.619. The molecule has 1 atom stereocenters. The van der Waals surface area contributed by atoms with Crippen LogP contribution in [0.3, 0.4) is 0 Å². The topological polar surface area (TPSA) is 92.7 Å². The molecule has 1 aliphatic rings. The zero-order chi connectivity index (χ0) is 21.8. The maximum atomic E-state index is 12.4. The van der Waals surface area contributed by atoms with Gasteiger partial charge in [-0.2, -0.15) is 0 Å². The van der Waals surface area contributed by atoms with Crippen molar-refractivity contribution in [2.24, 2.45) is 0 Å². The molecular weight excluding hydrogens is 434 g/mol. The van der Waals surface area contributed by atoms with Gasteiger partial charge in [0.2, 0.25) is 10.0 Å². The molecule has 0 aliphatic carbocycles. The van der Waals surface area contributed by atoms with Crippen LogP contribution >= 0.6 is 11.8 Å². The highest BCUT2D eigenvalue weighted by atomic mass is 32.2. The van der Waals surface area contributed by atoms with E-state index in [1.165, 1.54) is 0 Å². The van der Waals surface area contributed by atoms with Crippen LogP contribution < -0.4 is 9.46 Å². The Morgan fingerprint density at radius 3 is 2.55 bits per heavy atom. The van der Waals surface area contributed by atoms with E-state index in [9.17, 15) is 18.3 Å². The summed E-state index contributed by atoms with van der Waals surface area (Å²) in [6.07, 6.45) is 0. The highest BCUT2D eigenvalue weighted by molar-refractivity contribution is 7.99. The van der Waals surface area contributed by atoms with Crippen LogP contribution in [0.5, 0.6) is 5.75 Å². The standard InChI is InChI=1S/C23H21NO5S2/c25-23(26)16-10-11-20-21(14-16)29-15-17-6-4-5-9-19(17)22(20)30-13-12-24-31(27,28)18-7-2-1-3-8-18/h1-11,14,22,24H,12-13,15H2,(H,25,26). The predicted octanol–water partition coefficient (Wildman–Crippen LogP) is 4.08. The third-order valence-corrected chi connectivity index (χ3v) is 7.75. The van der Waals surface area contributed by atoms with Gasteiger partial charge in [0.15, 0.2) is 0 Å². The van der Waals surface area contributed by atoms with Gasteiger partial charge in [0, 0.05) is 17.9 Å². The Hall–Kier alpha value is -2.81. The molecule has 0 bridgehead atoms. The monoisotopic (exact) mass is 455 g/mol. The molecule has 0 saturated heterocycles. The summed E-state index contributed by atoms with van der Waals surface area (Å²) in [5, 5.41) is 9.21. The number of hydrogen-bond acceptors (Lipinski definition) is 5. The highest BCUT2D eigenvalue weighted by Gasteiger charge is 2.26. The van der Waals surface area contributed by atoms with Gasteiger partial charge in [-0.05, 0) is 35.4 Å². The van der Waals surface area contributed by atoms with Gasteiger partial charge in [-0.1, -0.05) is 48.5 Å². The van der Waals surface area contributed by atoms with Gasteiger partial charge >= 0.3 is 5.97 Å². The first-order chi connectivity index (χ1) is 15.0. The van der Waals surface area contributed by atoms with Crippen molar-refractivity contribution in [1.82, 2.24) is 4.72 Å². The third-order valence-electron chi connectivity index (χ3n) is 5.00. The zero-order valence-electron chi connectivity index (χ0n) is 16.5. The summed E-state index contributed by atoms with van der Waals surface area (Å²) in [7, 11) is -3.56. The Morgan fingerprint density at radius 2 is 1.77 bits per heavy atom. The molecule has 3 aromatic rings. The van der Waals surface area contributed by atoms with Gasteiger partial charge in [-0.15, -0.1) is 11.8 Å². The lowest BCUT2D eigenvalue weighted by molar-refractivity contribution is 0.0696. The number of sulfonamides is 1. The Bertz CT molecular complexity index is 1200. The van der Waals surface area contributed by atoms with E-state index in [-0.39, 0.29) is 22.3 Å². The molecular formula is C23H21NO5S2. The first kappa shape index (κ1) is 21.4. The van der Waals surface area contributed by atoms with Crippen molar-refractivity contribution < 1.29 is 23.1 Å².